The third-order valence-electron chi connectivity index (χ3n) is 2.71. The van der Waals surface area contributed by atoms with E-state index in [1.807, 2.05) is 11.7 Å². The molecule has 3 heteroatoms. The second kappa shape index (κ2) is 6.14. The van der Waals surface area contributed by atoms with Crippen molar-refractivity contribution in [1.29, 1.82) is 0 Å². The van der Waals surface area contributed by atoms with Crippen LogP contribution in [-0.4, -0.2) is 18.1 Å². The molecule has 0 amide bonds. The Morgan fingerprint density at radius 1 is 1.57 bits per heavy atom. The number of rotatable bonds is 6. The van der Waals surface area contributed by atoms with Crippen LogP contribution in [0.4, 0.5) is 0 Å². The predicted molar refractivity (Wildman–Crippen MR) is 62.7 cm³/mol. The molecule has 0 spiro atoms. The molecule has 1 N–H and O–H groups in total. The fourth-order valence-electron chi connectivity index (χ4n) is 1.80. The Morgan fingerprint density at radius 3 is 2.86 bits per heavy atom. The summed E-state index contributed by atoms with van der Waals surface area (Å²) < 4.78 is 0. The third kappa shape index (κ3) is 3.39. The Morgan fingerprint density at radius 2 is 2.36 bits per heavy atom. The van der Waals surface area contributed by atoms with E-state index >= 15 is 0 Å². The fraction of sp³-hybridized carbons (Fsp3) is 0.727. The average molecular weight is 212 g/mol. The van der Waals surface area contributed by atoms with E-state index in [1.165, 1.54) is 17.7 Å². The number of thiazole rings is 1. The van der Waals surface area contributed by atoms with Crippen LogP contribution in [0.25, 0.3) is 0 Å². The van der Waals surface area contributed by atoms with Crippen LogP contribution in [0.2, 0.25) is 0 Å². The first-order chi connectivity index (χ1) is 6.77. The van der Waals surface area contributed by atoms with Crippen molar-refractivity contribution in [2.24, 2.45) is 5.92 Å². The molecule has 14 heavy (non-hydrogen) atoms. The van der Waals surface area contributed by atoms with Gasteiger partial charge in [0, 0.05) is 17.1 Å². The maximum atomic E-state index is 4.11. The van der Waals surface area contributed by atoms with Crippen molar-refractivity contribution < 1.29 is 0 Å². The Hall–Kier alpha value is -0.410. The highest BCUT2D eigenvalue weighted by Gasteiger charge is 2.15. The molecule has 0 radical (unpaired) electrons. The average Bonchev–Trinajstić information content (AvgIpc) is 2.66. The van der Waals surface area contributed by atoms with E-state index < -0.39 is 0 Å². The molecule has 2 nitrogen and oxygen atoms in total. The Labute approximate surface area is 90.8 Å². The highest BCUT2D eigenvalue weighted by Crippen LogP contribution is 2.17. The molecule has 1 aromatic heterocycles. The topological polar surface area (TPSA) is 24.9 Å². The van der Waals surface area contributed by atoms with Crippen LogP contribution < -0.4 is 5.32 Å². The van der Waals surface area contributed by atoms with Gasteiger partial charge in [0.2, 0.25) is 0 Å². The van der Waals surface area contributed by atoms with Gasteiger partial charge in [0.05, 0.1) is 5.51 Å². The number of aromatic nitrogens is 1. The van der Waals surface area contributed by atoms with Crippen molar-refractivity contribution >= 4 is 11.3 Å². The number of nitrogens with zero attached hydrogens (tertiary/aromatic N) is 1. The summed E-state index contributed by atoms with van der Waals surface area (Å²) in [6.07, 6.45) is 5.66. The lowest BCUT2D eigenvalue weighted by Crippen LogP contribution is -2.33. The molecule has 1 rings (SSSR count). The van der Waals surface area contributed by atoms with E-state index in [4.69, 9.17) is 0 Å². The summed E-state index contributed by atoms with van der Waals surface area (Å²) in [5, 5.41) is 3.40. The van der Waals surface area contributed by atoms with Crippen LogP contribution in [0.15, 0.2) is 11.7 Å². The molecule has 0 aliphatic rings. The van der Waals surface area contributed by atoms with E-state index in [1.54, 1.807) is 11.3 Å². The van der Waals surface area contributed by atoms with Gasteiger partial charge in [-0.15, -0.1) is 11.3 Å². The van der Waals surface area contributed by atoms with E-state index in [9.17, 15) is 0 Å². The first kappa shape index (κ1) is 11.7. The van der Waals surface area contributed by atoms with Gasteiger partial charge < -0.3 is 5.32 Å². The number of nitrogens with one attached hydrogen (secondary N) is 1. The Kier molecular flexibility index (Phi) is 5.12. The van der Waals surface area contributed by atoms with Crippen LogP contribution in [0.1, 0.15) is 31.6 Å². The van der Waals surface area contributed by atoms with Gasteiger partial charge in [0.1, 0.15) is 0 Å². The molecule has 1 heterocycles. The van der Waals surface area contributed by atoms with Crippen molar-refractivity contribution in [1.82, 2.24) is 10.3 Å². The van der Waals surface area contributed by atoms with E-state index in [0.717, 1.165) is 12.3 Å². The van der Waals surface area contributed by atoms with Gasteiger partial charge in [-0.25, -0.2) is 0 Å². The minimum atomic E-state index is 0.593. The fourth-order valence-corrected chi connectivity index (χ4v) is 2.46. The van der Waals surface area contributed by atoms with E-state index in [2.05, 4.69) is 31.2 Å². The zero-order valence-electron chi connectivity index (χ0n) is 9.29. The second-order valence-corrected chi connectivity index (χ2v) is 4.80. The zero-order valence-corrected chi connectivity index (χ0v) is 10.1. The van der Waals surface area contributed by atoms with Crippen molar-refractivity contribution in [3.8, 4) is 0 Å². The lowest BCUT2D eigenvalue weighted by atomic mass is 9.94. The minimum Gasteiger partial charge on any atom is -0.316 e. The highest BCUT2D eigenvalue weighted by atomic mass is 32.1. The van der Waals surface area contributed by atoms with Gasteiger partial charge in [0.25, 0.3) is 0 Å². The number of hydrogen-bond donors (Lipinski definition) is 1. The van der Waals surface area contributed by atoms with Crippen molar-refractivity contribution in [2.45, 2.75) is 39.2 Å². The van der Waals surface area contributed by atoms with Crippen LogP contribution in [0.5, 0.6) is 0 Å². The summed E-state index contributed by atoms with van der Waals surface area (Å²) in [5.41, 5.74) is 1.91. The highest BCUT2D eigenvalue weighted by molar-refractivity contribution is 7.09. The first-order valence-corrected chi connectivity index (χ1v) is 6.20. The second-order valence-electron chi connectivity index (χ2n) is 3.83. The normalized spacial score (nSPS) is 15.4. The van der Waals surface area contributed by atoms with Crippen molar-refractivity contribution in [3.63, 3.8) is 0 Å². The number of likely N-dealkylation sites (N-methyl/N-ethyl adjacent to an activating group) is 1. The molecule has 2 unspecified atom stereocenters. The summed E-state index contributed by atoms with van der Waals surface area (Å²) in [6.45, 7) is 4.57. The molecule has 0 aromatic carbocycles. The standard InChI is InChI=1S/C11H20N2S/c1-4-5-9(2)11(12-3)6-10-7-13-8-14-10/h7-9,11-12H,4-6H2,1-3H3. The van der Waals surface area contributed by atoms with E-state index in [0.29, 0.717) is 6.04 Å². The molecule has 0 saturated carbocycles. The molecular formula is C11H20N2S. The Bertz CT molecular complexity index is 233. The lowest BCUT2D eigenvalue weighted by molar-refractivity contribution is 0.373. The van der Waals surface area contributed by atoms with Gasteiger partial charge in [-0.1, -0.05) is 20.3 Å². The largest absolute Gasteiger partial charge is 0.316 e. The quantitative estimate of drug-likeness (QED) is 0.784. The molecule has 0 aliphatic carbocycles. The predicted octanol–water partition coefficient (Wildman–Crippen LogP) is 2.71. The Balaban J connectivity index is 2.46. The van der Waals surface area contributed by atoms with Crippen LogP contribution >= 0.6 is 11.3 Å². The summed E-state index contributed by atoms with van der Waals surface area (Å²) in [5.74, 6) is 0.743. The molecule has 1 aromatic rings. The van der Waals surface area contributed by atoms with Gasteiger partial charge in [-0.05, 0) is 25.8 Å². The molecule has 0 aliphatic heterocycles. The number of hydrogen-bond acceptors (Lipinski definition) is 3. The zero-order chi connectivity index (χ0) is 10.4. The maximum Gasteiger partial charge on any atom is 0.0794 e. The van der Waals surface area contributed by atoms with E-state index in [-0.39, 0.29) is 0 Å². The third-order valence-corrected chi connectivity index (χ3v) is 3.51. The minimum absolute atomic E-state index is 0.593. The summed E-state index contributed by atoms with van der Waals surface area (Å²) in [6, 6.07) is 0.593. The summed E-state index contributed by atoms with van der Waals surface area (Å²) in [7, 11) is 2.05. The molecular weight excluding hydrogens is 192 g/mol. The SMILES string of the molecule is CCCC(C)C(Cc1cncs1)NC. The monoisotopic (exact) mass is 212 g/mol. The van der Waals surface area contributed by atoms with Crippen molar-refractivity contribution in [2.75, 3.05) is 7.05 Å². The summed E-state index contributed by atoms with van der Waals surface area (Å²) in [4.78, 5) is 5.49. The van der Waals surface area contributed by atoms with Gasteiger partial charge in [-0.2, -0.15) is 0 Å². The maximum absolute atomic E-state index is 4.11. The van der Waals surface area contributed by atoms with Gasteiger partial charge in [-0.3, -0.25) is 4.98 Å². The lowest BCUT2D eigenvalue weighted by Gasteiger charge is -2.22. The molecule has 0 saturated heterocycles. The first-order valence-electron chi connectivity index (χ1n) is 5.32. The molecule has 0 bridgehead atoms. The molecule has 80 valence electrons. The van der Waals surface area contributed by atoms with Crippen LogP contribution in [0, 0.1) is 5.92 Å². The molecule has 2 atom stereocenters. The summed E-state index contributed by atoms with van der Waals surface area (Å²) >= 11 is 1.75. The van der Waals surface area contributed by atoms with Crippen LogP contribution in [-0.2, 0) is 6.42 Å². The van der Waals surface area contributed by atoms with Crippen LogP contribution in [0.3, 0.4) is 0 Å². The van der Waals surface area contributed by atoms with Crippen molar-refractivity contribution in [3.05, 3.63) is 16.6 Å². The molecule has 0 fully saturated rings. The van der Waals surface area contributed by atoms with Gasteiger partial charge >= 0.3 is 0 Å². The smallest absolute Gasteiger partial charge is 0.0794 e. The van der Waals surface area contributed by atoms with Gasteiger partial charge in [0.15, 0.2) is 0 Å².